The van der Waals surface area contributed by atoms with Crippen LogP contribution in [0.15, 0.2) is 30.3 Å². The standard InChI is InChI=1S/C13H14ClNO/c1-2-3-7-10-15-13(16)12(14)11-8-5-4-6-9-11/h1,4-6,8-9,12H,3,7,10H2,(H,15,16). The largest absolute Gasteiger partial charge is 0.354 e. The van der Waals surface area contributed by atoms with Gasteiger partial charge in [0.15, 0.2) is 0 Å². The summed E-state index contributed by atoms with van der Waals surface area (Å²) in [5.41, 5.74) is 0.804. The first-order valence-corrected chi connectivity index (χ1v) is 5.59. The van der Waals surface area contributed by atoms with Gasteiger partial charge in [-0.2, -0.15) is 0 Å². The minimum Gasteiger partial charge on any atom is -0.354 e. The molecule has 1 atom stereocenters. The third-order valence-corrected chi connectivity index (χ3v) is 2.57. The number of halogens is 1. The topological polar surface area (TPSA) is 29.1 Å². The Labute approximate surface area is 101 Å². The van der Waals surface area contributed by atoms with Crippen molar-refractivity contribution in [1.82, 2.24) is 5.32 Å². The van der Waals surface area contributed by atoms with Crippen LogP contribution in [0.1, 0.15) is 23.8 Å². The predicted octanol–water partition coefficient (Wildman–Crippen LogP) is 2.50. The van der Waals surface area contributed by atoms with Crippen LogP contribution in [0.3, 0.4) is 0 Å². The van der Waals surface area contributed by atoms with Crippen molar-refractivity contribution >= 4 is 17.5 Å². The van der Waals surface area contributed by atoms with Crippen molar-refractivity contribution < 1.29 is 4.79 Å². The first kappa shape index (κ1) is 12.6. The molecular formula is C13H14ClNO. The average Bonchev–Trinajstić information content (AvgIpc) is 2.34. The third kappa shape index (κ3) is 3.96. The van der Waals surface area contributed by atoms with Crippen LogP contribution in [-0.4, -0.2) is 12.5 Å². The van der Waals surface area contributed by atoms with Gasteiger partial charge >= 0.3 is 0 Å². The van der Waals surface area contributed by atoms with Gasteiger partial charge in [-0.15, -0.1) is 23.9 Å². The van der Waals surface area contributed by atoms with E-state index in [1.54, 1.807) is 0 Å². The zero-order valence-electron chi connectivity index (χ0n) is 8.95. The van der Waals surface area contributed by atoms with E-state index in [0.717, 1.165) is 12.0 Å². The number of hydrogen-bond donors (Lipinski definition) is 1. The Morgan fingerprint density at radius 2 is 2.12 bits per heavy atom. The zero-order chi connectivity index (χ0) is 11.8. The minimum absolute atomic E-state index is 0.176. The van der Waals surface area contributed by atoms with Crippen LogP contribution < -0.4 is 5.32 Å². The van der Waals surface area contributed by atoms with E-state index in [9.17, 15) is 4.79 Å². The van der Waals surface area contributed by atoms with Gasteiger partial charge in [-0.1, -0.05) is 30.3 Å². The number of benzene rings is 1. The summed E-state index contributed by atoms with van der Waals surface area (Å²) in [5, 5.41) is 2.12. The van der Waals surface area contributed by atoms with Crippen molar-refractivity contribution in [2.45, 2.75) is 18.2 Å². The highest BCUT2D eigenvalue weighted by molar-refractivity contribution is 6.30. The van der Waals surface area contributed by atoms with Gasteiger partial charge in [0.25, 0.3) is 0 Å². The molecule has 0 aliphatic carbocycles. The lowest BCUT2D eigenvalue weighted by atomic mass is 10.1. The first-order chi connectivity index (χ1) is 7.75. The summed E-state index contributed by atoms with van der Waals surface area (Å²) in [6, 6.07) is 9.27. The predicted molar refractivity (Wildman–Crippen MR) is 66.1 cm³/mol. The van der Waals surface area contributed by atoms with E-state index in [1.165, 1.54) is 0 Å². The third-order valence-electron chi connectivity index (χ3n) is 2.12. The van der Waals surface area contributed by atoms with Gasteiger partial charge in [-0.25, -0.2) is 0 Å². The van der Waals surface area contributed by atoms with Crippen LogP contribution >= 0.6 is 11.6 Å². The quantitative estimate of drug-likeness (QED) is 0.474. The highest BCUT2D eigenvalue weighted by atomic mass is 35.5. The second-order valence-corrected chi connectivity index (χ2v) is 3.81. The molecule has 16 heavy (non-hydrogen) atoms. The van der Waals surface area contributed by atoms with Crippen molar-refractivity contribution in [2.75, 3.05) is 6.54 Å². The van der Waals surface area contributed by atoms with Gasteiger partial charge in [0.05, 0.1) is 0 Å². The Kier molecular flexibility index (Phi) is 5.45. The van der Waals surface area contributed by atoms with Crippen LogP contribution in [0.25, 0.3) is 0 Å². The molecule has 1 aromatic carbocycles. The van der Waals surface area contributed by atoms with Crippen LogP contribution in [0, 0.1) is 12.3 Å². The van der Waals surface area contributed by atoms with Gasteiger partial charge < -0.3 is 5.32 Å². The SMILES string of the molecule is C#CCCCNC(=O)C(Cl)c1ccccc1. The summed E-state index contributed by atoms with van der Waals surface area (Å²) in [6.45, 7) is 0.569. The molecular weight excluding hydrogens is 222 g/mol. The summed E-state index contributed by atoms with van der Waals surface area (Å²) < 4.78 is 0. The molecule has 0 aliphatic rings. The van der Waals surface area contributed by atoms with Gasteiger partial charge in [-0.05, 0) is 12.0 Å². The smallest absolute Gasteiger partial charge is 0.242 e. The highest BCUT2D eigenvalue weighted by Crippen LogP contribution is 2.19. The van der Waals surface area contributed by atoms with Crippen LogP contribution in [0.4, 0.5) is 0 Å². The number of alkyl halides is 1. The second-order valence-electron chi connectivity index (χ2n) is 3.37. The van der Waals surface area contributed by atoms with Gasteiger partial charge in [-0.3, -0.25) is 4.79 Å². The van der Waals surface area contributed by atoms with Gasteiger partial charge in [0.2, 0.25) is 5.91 Å². The molecule has 84 valence electrons. The number of terminal acetylenes is 1. The Morgan fingerprint density at radius 1 is 1.44 bits per heavy atom. The summed E-state index contributed by atoms with van der Waals surface area (Å²) in [5.74, 6) is 2.34. The van der Waals surface area contributed by atoms with Gasteiger partial charge in [0.1, 0.15) is 5.38 Å². The molecule has 0 saturated carbocycles. The molecule has 0 saturated heterocycles. The molecule has 2 nitrogen and oxygen atoms in total. The van der Waals surface area contributed by atoms with E-state index < -0.39 is 5.38 Å². The number of carbonyl (C=O) groups is 1. The van der Waals surface area contributed by atoms with Crippen molar-refractivity contribution in [1.29, 1.82) is 0 Å². The fourth-order valence-corrected chi connectivity index (χ4v) is 1.49. The Balaban J connectivity index is 2.40. The number of rotatable bonds is 5. The number of unbranched alkanes of at least 4 members (excludes halogenated alkanes) is 1. The Morgan fingerprint density at radius 3 is 2.75 bits per heavy atom. The summed E-state index contributed by atoms with van der Waals surface area (Å²) >= 11 is 6.02. The first-order valence-electron chi connectivity index (χ1n) is 5.16. The summed E-state index contributed by atoms with van der Waals surface area (Å²) in [7, 11) is 0. The van der Waals surface area contributed by atoms with Crippen molar-refractivity contribution in [2.24, 2.45) is 0 Å². The van der Waals surface area contributed by atoms with E-state index in [4.69, 9.17) is 18.0 Å². The molecule has 0 aromatic heterocycles. The molecule has 3 heteroatoms. The molecule has 1 amide bonds. The molecule has 0 fully saturated rings. The monoisotopic (exact) mass is 235 g/mol. The summed E-state index contributed by atoms with van der Waals surface area (Å²) in [6.07, 6.45) is 6.55. The Bertz CT molecular complexity index is 369. The molecule has 0 aliphatic heterocycles. The molecule has 1 aromatic rings. The molecule has 1 rings (SSSR count). The lowest BCUT2D eigenvalue weighted by Gasteiger charge is -2.10. The van der Waals surface area contributed by atoms with Crippen molar-refractivity contribution in [3.63, 3.8) is 0 Å². The molecule has 0 spiro atoms. The zero-order valence-corrected chi connectivity index (χ0v) is 9.70. The van der Waals surface area contributed by atoms with Crippen LogP contribution in [0.2, 0.25) is 0 Å². The van der Waals surface area contributed by atoms with Gasteiger partial charge in [0, 0.05) is 13.0 Å². The maximum absolute atomic E-state index is 11.6. The van der Waals surface area contributed by atoms with Crippen molar-refractivity contribution in [3.05, 3.63) is 35.9 Å². The lowest BCUT2D eigenvalue weighted by molar-refractivity contribution is -0.120. The molecule has 1 N–H and O–H groups in total. The minimum atomic E-state index is -0.632. The van der Waals surface area contributed by atoms with E-state index in [2.05, 4.69) is 11.2 Å². The average molecular weight is 236 g/mol. The number of carbonyl (C=O) groups excluding carboxylic acids is 1. The highest BCUT2D eigenvalue weighted by Gasteiger charge is 2.16. The molecule has 1 unspecified atom stereocenters. The molecule has 0 heterocycles. The fraction of sp³-hybridized carbons (Fsp3) is 0.308. The number of amides is 1. The number of nitrogens with one attached hydrogen (secondary N) is 1. The maximum Gasteiger partial charge on any atom is 0.242 e. The molecule has 0 bridgehead atoms. The van der Waals surface area contributed by atoms with E-state index >= 15 is 0 Å². The fourth-order valence-electron chi connectivity index (χ4n) is 1.27. The second kappa shape index (κ2) is 6.92. The molecule has 0 radical (unpaired) electrons. The lowest BCUT2D eigenvalue weighted by Crippen LogP contribution is -2.27. The Hall–Kier alpha value is -1.46. The maximum atomic E-state index is 11.6. The number of hydrogen-bond acceptors (Lipinski definition) is 1. The van der Waals surface area contributed by atoms with Crippen LogP contribution in [-0.2, 0) is 4.79 Å². The van der Waals surface area contributed by atoms with E-state index in [1.807, 2.05) is 30.3 Å². The normalized spacial score (nSPS) is 11.5. The van der Waals surface area contributed by atoms with E-state index in [0.29, 0.717) is 13.0 Å². The summed E-state index contributed by atoms with van der Waals surface area (Å²) in [4.78, 5) is 11.6. The van der Waals surface area contributed by atoms with Crippen LogP contribution in [0.5, 0.6) is 0 Å². The van der Waals surface area contributed by atoms with Crippen molar-refractivity contribution in [3.8, 4) is 12.3 Å². The van der Waals surface area contributed by atoms with E-state index in [-0.39, 0.29) is 5.91 Å².